The van der Waals surface area contributed by atoms with E-state index in [2.05, 4.69) is 9.88 Å². The number of ketones is 1. The smallest absolute Gasteiger partial charge is 0.259 e. The Morgan fingerprint density at radius 2 is 1.65 bits per heavy atom. The van der Waals surface area contributed by atoms with Crippen molar-refractivity contribution in [3.63, 3.8) is 0 Å². The van der Waals surface area contributed by atoms with E-state index in [1.807, 2.05) is 0 Å². The van der Waals surface area contributed by atoms with Gasteiger partial charge in [0.25, 0.3) is 5.56 Å². The van der Waals surface area contributed by atoms with Gasteiger partial charge in [-0.05, 0) is 24.6 Å². The first-order valence-corrected chi connectivity index (χ1v) is 11.3. The van der Waals surface area contributed by atoms with Gasteiger partial charge in [-0.1, -0.05) is 0 Å². The quantitative estimate of drug-likeness (QED) is 0.411. The molecule has 0 spiro atoms. The van der Waals surface area contributed by atoms with Crippen LogP contribution < -0.4 is 19.8 Å². The average molecular weight is 466 g/mol. The van der Waals surface area contributed by atoms with Crippen molar-refractivity contribution in [1.29, 1.82) is 0 Å². The molecule has 0 radical (unpaired) electrons. The number of hydrogen-bond acceptors (Lipinski definition) is 8. The van der Waals surface area contributed by atoms with Crippen LogP contribution in [-0.2, 0) is 11.3 Å². The second kappa shape index (κ2) is 9.08. The molecule has 1 fully saturated rings. The highest BCUT2D eigenvalue weighted by atomic mass is 16.5. The zero-order valence-corrected chi connectivity index (χ0v) is 19.6. The minimum atomic E-state index is -0.233. The lowest BCUT2D eigenvalue weighted by atomic mass is 10.0. The molecule has 1 saturated heterocycles. The molecule has 9 nitrogen and oxygen atoms in total. The van der Waals surface area contributed by atoms with Crippen molar-refractivity contribution in [2.75, 3.05) is 54.2 Å². The van der Waals surface area contributed by atoms with Gasteiger partial charge in [0, 0.05) is 43.2 Å². The number of carbonyl (C=O) groups is 1. The van der Waals surface area contributed by atoms with Gasteiger partial charge in [-0.3, -0.25) is 14.5 Å². The van der Waals surface area contributed by atoms with E-state index in [-0.39, 0.29) is 17.0 Å². The summed E-state index contributed by atoms with van der Waals surface area (Å²) in [6.45, 7) is 4.53. The summed E-state index contributed by atoms with van der Waals surface area (Å²) < 4.78 is 23.3. The van der Waals surface area contributed by atoms with Crippen LogP contribution in [0.5, 0.6) is 17.4 Å². The minimum absolute atomic E-state index is 0.173. The molecular weight excluding hydrogens is 438 g/mol. The first-order valence-electron chi connectivity index (χ1n) is 11.3. The van der Waals surface area contributed by atoms with Crippen LogP contribution in [0.25, 0.3) is 22.0 Å². The fourth-order valence-corrected chi connectivity index (χ4v) is 4.81. The number of hydrogen-bond donors (Lipinski definition) is 0. The highest BCUT2D eigenvalue weighted by Crippen LogP contribution is 2.42. The Morgan fingerprint density at radius 3 is 2.32 bits per heavy atom. The average Bonchev–Trinajstić information content (AvgIpc) is 3.17. The summed E-state index contributed by atoms with van der Waals surface area (Å²) >= 11 is 0. The summed E-state index contributed by atoms with van der Waals surface area (Å²) in [5.41, 5.74) is 1.81. The van der Waals surface area contributed by atoms with Crippen molar-refractivity contribution < 1.29 is 23.7 Å². The minimum Gasteiger partial charge on any atom is -0.493 e. The lowest BCUT2D eigenvalue weighted by Crippen LogP contribution is -2.37. The van der Waals surface area contributed by atoms with Crippen molar-refractivity contribution in [2.45, 2.75) is 13.0 Å². The molecular formula is C25H27N3O6. The number of pyridine rings is 2. The number of aromatic nitrogens is 2. The van der Waals surface area contributed by atoms with Crippen molar-refractivity contribution in [3.05, 3.63) is 45.9 Å². The second-order valence-electron chi connectivity index (χ2n) is 8.32. The molecule has 3 heterocycles. The number of methoxy groups -OCH3 is 3. The molecule has 0 atom stereocenters. The molecule has 9 heteroatoms. The zero-order valence-electron chi connectivity index (χ0n) is 19.6. The standard InChI is InChI=1S/C25H27N3O6/c1-31-18-13-16-17(14-19(18)32-2)25(30)28(8-4-7-27-9-11-34-12-10-27)23-15-5-6-20(33-3)26-22(15)24(29)21(16)23/h5-6,13-14H,4,7-12H2,1-3H3. The third kappa shape index (κ3) is 3.61. The topological polar surface area (TPSA) is 92.1 Å². The van der Waals surface area contributed by atoms with Crippen LogP contribution in [-0.4, -0.2) is 74.4 Å². The maximum absolute atomic E-state index is 13.8. The predicted octanol–water partition coefficient (Wildman–Crippen LogP) is 2.36. The van der Waals surface area contributed by atoms with E-state index >= 15 is 0 Å². The summed E-state index contributed by atoms with van der Waals surface area (Å²) in [6.07, 6.45) is 0.762. The van der Waals surface area contributed by atoms with Gasteiger partial charge in [-0.25, -0.2) is 4.98 Å². The van der Waals surface area contributed by atoms with Crippen molar-refractivity contribution in [1.82, 2.24) is 14.5 Å². The van der Waals surface area contributed by atoms with E-state index in [1.165, 1.54) is 21.3 Å². The maximum Gasteiger partial charge on any atom is 0.259 e. The Kier molecular flexibility index (Phi) is 5.97. The SMILES string of the molecule is COc1ccc2c(n1)C(=O)c1c-2n(CCCN2CCOCC2)c(=O)c2cc(OC)c(OC)cc12. The number of fused-ring (bicyclic) bond motifs is 5. The van der Waals surface area contributed by atoms with Gasteiger partial charge in [0.1, 0.15) is 5.69 Å². The lowest BCUT2D eigenvalue weighted by Gasteiger charge is -2.26. The molecule has 1 aromatic carbocycles. The van der Waals surface area contributed by atoms with Crippen LogP contribution in [0, 0.1) is 0 Å². The third-order valence-electron chi connectivity index (χ3n) is 6.51. The first-order chi connectivity index (χ1) is 16.6. The summed E-state index contributed by atoms with van der Waals surface area (Å²) in [5.74, 6) is 1.01. The van der Waals surface area contributed by atoms with Crippen molar-refractivity contribution in [3.8, 4) is 28.6 Å². The molecule has 0 N–H and O–H groups in total. The first kappa shape index (κ1) is 22.4. The fraction of sp³-hybridized carbons (Fsp3) is 0.400. The molecule has 1 aliphatic carbocycles. The summed E-state index contributed by atoms with van der Waals surface area (Å²) in [5, 5.41) is 0.944. The van der Waals surface area contributed by atoms with E-state index in [0.29, 0.717) is 51.5 Å². The summed E-state index contributed by atoms with van der Waals surface area (Å²) in [4.78, 5) is 34.1. The van der Waals surface area contributed by atoms with Gasteiger partial charge >= 0.3 is 0 Å². The molecule has 0 unspecified atom stereocenters. The zero-order chi connectivity index (χ0) is 23.8. The Morgan fingerprint density at radius 1 is 0.941 bits per heavy atom. The monoisotopic (exact) mass is 465 g/mol. The molecule has 5 rings (SSSR count). The van der Waals surface area contributed by atoms with E-state index in [0.717, 1.165) is 39.3 Å². The number of carbonyl (C=O) groups excluding carboxylic acids is 1. The molecule has 1 aliphatic heterocycles. The van der Waals surface area contributed by atoms with Gasteiger partial charge < -0.3 is 23.5 Å². The second-order valence-corrected chi connectivity index (χ2v) is 8.32. The largest absolute Gasteiger partial charge is 0.493 e. The van der Waals surface area contributed by atoms with Crippen LogP contribution in [0.1, 0.15) is 22.5 Å². The third-order valence-corrected chi connectivity index (χ3v) is 6.51. The number of morpholine rings is 1. The maximum atomic E-state index is 13.8. The Balaban J connectivity index is 1.67. The van der Waals surface area contributed by atoms with Crippen LogP contribution in [0.2, 0.25) is 0 Å². The van der Waals surface area contributed by atoms with Crippen LogP contribution >= 0.6 is 0 Å². The van der Waals surface area contributed by atoms with Crippen molar-refractivity contribution >= 4 is 16.6 Å². The van der Waals surface area contributed by atoms with Crippen LogP contribution in [0.4, 0.5) is 0 Å². The number of benzene rings is 1. The molecule has 3 aromatic rings. The van der Waals surface area contributed by atoms with Gasteiger partial charge in [-0.2, -0.15) is 0 Å². The van der Waals surface area contributed by atoms with Gasteiger partial charge in [0.05, 0.1) is 51.2 Å². The predicted molar refractivity (Wildman–Crippen MR) is 126 cm³/mol. The molecule has 2 aliphatic rings. The van der Waals surface area contributed by atoms with E-state index in [9.17, 15) is 9.59 Å². The van der Waals surface area contributed by atoms with E-state index in [4.69, 9.17) is 18.9 Å². The molecule has 2 aromatic heterocycles. The Labute approximate surface area is 196 Å². The van der Waals surface area contributed by atoms with Crippen LogP contribution in [0.15, 0.2) is 29.1 Å². The summed E-state index contributed by atoms with van der Waals surface area (Å²) in [7, 11) is 4.56. The lowest BCUT2D eigenvalue weighted by molar-refractivity contribution is 0.0369. The normalized spacial score (nSPS) is 15.3. The number of rotatable bonds is 7. The van der Waals surface area contributed by atoms with Gasteiger partial charge in [0.15, 0.2) is 11.5 Å². The Bertz CT molecular complexity index is 1330. The number of nitrogens with zero attached hydrogens (tertiary/aromatic N) is 3. The number of ether oxygens (including phenoxy) is 4. The molecule has 34 heavy (non-hydrogen) atoms. The van der Waals surface area contributed by atoms with E-state index in [1.54, 1.807) is 28.8 Å². The fourth-order valence-electron chi connectivity index (χ4n) is 4.81. The molecule has 0 saturated carbocycles. The van der Waals surface area contributed by atoms with Crippen LogP contribution in [0.3, 0.4) is 0 Å². The highest BCUT2D eigenvalue weighted by molar-refractivity contribution is 6.26. The van der Waals surface area contributed by atoms with Gasteiger partial charge in [-0.15, -0.1) is 0 Å². The highest BCUT2D eigenvalue weighted by Gasteiger charge is 2.35. The van der Waals surface area contributed by atoms with Gasteiger partial charge in [0.2, 0.25) is 11.7 Å². The molecule has 0 amide bonds. The molecule has 0 bridgehead atoms. The van der Waals surface area contributed by atoms with Crippen molar-refractivity contribution in [2.24, 2.45) is 0 Å². The summed E-state index contributed by atoms with van der Waals surface area (Å²) in [6, 6.07) is 6.87. The van der Waals surface area contributed by atoms with E-state index < -0.39 is 0 Å². The molecule has 178 valence electrons. The Hall–Kier alpha value is -3.43.